The molecular formula is C27H32N2O6. The molecular weight excluding hydrogens is 448 g/mol. The van der Waals surface area contributed by atoms with E-state index in [0.717, 1.165) is 11.1 Å². The Bertz CT molecular complexity index is 1030. The molecule has 3 N–H and O–H groups in total. The Hall–Kier alpha value is -3.39. The summed E-state index contributed by atoms with van der Waals surface area (Å²) in [6.07, 6.45) is 0.617. The fourth-order valence-corrected chi connectivity index (χ4v) is 5.01. The van der Waals surface area contributed by atoms with Crippen LogP contribution in [0.25, 0.3) is 11.1 Å². The molecule has 4 rings (SSSR count). The molecule has 2 aliphatic rings. The van der Waals surface area contributed by atoms with E-state index in [-0.39, 0.29) is 43.2 Å². The summed E-state index contributed by atoms with van der Waals surface area (Å²) in [7, 11) is 0. The van der Waals surface area contributed by atoms with E-state index >= 15 is 0 Å². The van der Waals surface area contributed by atoms with Gasteiger partial charge in [-0.15, -0.1) is 0 Å². The maximum atomic E-state index is 12.7. The minimum atomic E-state index is -0.951. The van der Waals surface area contributed by atoms with Gasteiger partial charge >= 0.3 is 12.1 Å². The maximum Gasteiger partial charge on any atom is 0.407 e. The Balaban J connectivity index is 1.33. The van der Waals surface area contributed by atoms with Gasteiger partial charge in [0.05, 0.1) is 13.0 Å². The number of hydrogen-bond acceptors (Lipinski definition) is 5. The smallest absolute Gasteiger partial charge is 0.407 e. The number of carboxylic acids is 1. The first kappa shape index (κ1) is 24.7. The number of carbonyl (C=O) groups is 3. The second-order valence-electron chi connectivity index (χ2n) is 9.17. The highest BCUT2D eigenvalue weighted by Gasteiger charge is 2.32. The van der Waals surface area contributed by atoms with E-state index in [1.807, 2.05) is 31.2 Å². The van der Waals surface area contributed by atoms with Crippen molar-refractivity contribution in [1.29, 1.82) is 0 Å². The van der Waals surface area contributed by atoms with Gasteiger partial charge in [-0.25, -0.2) is 4.79 Å². The van der Waals surface area contributed by atoms with Crippen molar-refractivity contribution in [3.05, 3.63) is 59.7 Å². The van der Waals surface area contributed by atoms with Gasteiger partial charge in [0.15, 0.2) is 0 Å². The predicted octanol–water partition coefficient (Wildman–Crippen LogP) is 3.69. The Labute approximate surface area is 205 Å². The van der Waals surface area contributed by atoms with Crippen LogP contribution in [0.5, 0.6) is 0 Å². The van der Waals surface area contributed by atoms with Crippen LogP contribution in [0.4, 0.5) is 4.79 Å². The lowest BCUT2D eigenvalue weighted by Crippen LogP contribution is -2.48. The number of nitrogens with one attached hydrogen (secondary N) is 2. The molecule has 1 aliphatic heterocycles. The molecule has 0 radical (unpaired) electrons. The number of fused-ring (bicyclic) bond motifs is 3. The highest BCUT2D eigenvalue weighted by molar-refractivity contribution is 5.79. The number of carboxylic acid groups (broad SMARTS) is 1. The molecule has 0 bridgehead atoms. The molecule has 2 aromatic carbocycles. The third-order valence-electron chi connectivity index (χ3n) is 6.85. The van der Waals surface area contributed by atoms with Gasteiger partial charge in [-0.2, -0.15) is 0 Å². The van der Waals surface area contributed by atoms with Crippen molar-refractivity contribution in [2.75, 3.05) is 19.8 Å². The molecule has 8 heteroatoms. The average Bonchev–Trinajstić information content (AvgIpc) is 3.17. The summed E-state index contributed by atoms with van der Waals surface area (Å²) in [4.78, 5) is 36.2. The zero-order chi connectivity index (χ0) is 24.8. The average molecular weight is 481 g/mol. The molecule has 0 spiro atoms. The highest BCUT2D eigenvalue weighted by atomic mass is 16.5. The van der Waals surface area contributed by atoms with Crippen LogP contribution >= 0.6 is 0 Å². The molecule has 35 heavy (non-hydrogen) atoms. The number of rotatable bonds is 9. The molecule has 8 nitrogen and oxygen atoms in total. The van der Waals surface area contributed by atoms with E-state index in [2.05, 4.69) is 34.9 Å². The van der Waals surface area contributed by atoms with Crippen molar-refractivity contribution in [2.45, 2.75) is 50.6 Å². The van der Waals surface area contributed by atoms with Crippen molar-refractivity contribution in [3.8, 4) is 11.1 Å². The summed E-state index contributed by atoms with van der Waals surface area (Å²) in [5.74, 6) is -1.43. The maximum absolute atomic E-state index is 12.7. The number of hydrogen-bond donors (Lipinski definition) is 3. The molecule has 0 saturated carbocycles. The van der Waals surface area contributed by atoms with E-state index in [1.165, 1.54) is 11.1 Å². The standard InChI is InChI=1S/C27H32N2O6/c1-2-18(14-26(31)32)28-25(30)13-17-15-34-12-11-24(17)29-27(33)35-16-23-21-9-5-3-7-19(21)20-8-4-6-10-22(20)23/h3-10,17-18,23-24H,2,11-16H2,1H3,(H,28,30)(H,29,33)(H,31,32)/t17?,18-,24?/m0/s1. The molecule has 3 atom stereocenters. The van der Waals surface area contributed by atoms with Crippen LogP contribution < -0.4 is 10.6 Å². The van der Waals surface area contributed by atoms with E-state index in [0.29, 0.717) is 26.1 Å². The topological polar surface area (TPSA) is 114 Å². The Morgan fingerprint density at radius 3 is 2.37 bits per heavy atom. The van der Waals surface area contributed by atoms with Crippen LogP contribution in [0.15, 0.2) is 48.5 Å². The van der Waals surface area contributed by atoms with Gasteiger partial charge < -0.3 is 25.2 Å². The van der Waals surface area contributed by atoms with Gasteiger partial charge in [-0.3, -0.25) is 9.59 Å². The monoisotopic (exact) mass is 480 g/mol. The predicted molar refractivity (Wildman–Crippen MR) is 130 cm³/mol. The second-order valence-corrected chi connectivity index (χ2v) is 9.17. The van der Waals surface area contributed by atoms with E-state index in [1.54, 1.807) is 0 Å². The second kappa shape index (κ2) is 11.4. The Kier molecular flexibility index (Phi) is 8.02. The Morgan fingerprint density at radius 1 is 1.09 bits per heavy atom. The number of carbonyl (C=O) groups excluding carboxylic acids is 2. The first-order valence-corrected chi connectivity index (χ1v) is 12.2. The number of benzene rings is 2. The zero-order valence-corrected chi connectivity index (χ0v) is 19.9. The minimum absolute atomic E-state index is 0.0235. The van der Waals surface area contributed by atoms with Crippen molar-refractivity contribution in [2.24, 2.45) is 5.92 Å². The van der Waals surface area contributed by atoms with E-state index in [4.69, 9.17) is 14.6 Å². The van der Waals surface area contributed by atoms with Crippen LogP contribution in [0.1, 0.15) is 49.7 Å². The lowest BCUT2D eigenvalue weighted by molar-refractivity contribution is -0.137. The number of ether oxygens (including phenoxy) is 2. The SMILES string of the molecule is CC[C@@H](CC(=O)O)NC(=O)CC1COCCC1NC(=O)OCC1c2ccccc2-c2ccccc21. The molecule has 1 aliphatic carbocycles. The lowest BCUT2D eigenvalue weighted by Gasteiger charge is -2.32. The first-order valence-electron chi connectivity index (χ1n) is 12.2. The van der Waals surface area contributed by atoms with E-state index in [9.17, 15) is 14.4 Å². The summed E-state index contributed by atoms with van der Waals surface area (Å²) in [5.41, 5.74) is 4.63. The summed E-state index contributed by atoms with van der Waals surface area (Å²) in [5, 5.41) is 14.7. The van der Waals surface area contributed by atoms with Crippen LogP contribution in [0.2, 0.25) is 0 Å². The van der Waals surface area contributed by atoms with Gasteiger partial charge in [0.2, 0.25) is 5.91 Å². The molecule has 1 saturated heterocycles. The van der Waals surface area contributed by atoms with Gasteiger partial charge in [-0.1, -0.05) is 55.5 Å². The molecule has 2 amide bonds. The number of alkyl carbamates (subject to hydrolysis) is 1. The van der Waals surface area contributed by atoms with Crippen molar-refractivity contribution >= 4 is 18.0 Å². The minimum Gasteiger partial charge on any atom is -0.481 e. The van der Waals surface area contributed by atoms with E-state index < -0.39 is 18.1 Å². The number of amides is 2. The largest absolute Gasteiger partial charge is 0.481 e. The van der Waals surface area contributed by atoms with Gasteiger partial charge in [-0.05, 0) is 35.1 Å². The summed E-state index contributed by atoms with van der Waals surface area (Å²) >= 11 is 0. The van der Waals surface area contributed by atoms with Crippen LogP contribution in [-0.4, -0.2) is 55.0 Å². The molecule has 1 fully saturated rings. The van der Waals surface area contributed by atoms with Gasteiger partial charge in [0.1, 0.15) is 6.61 Å². The van der Waals surface area contributed by atoms with Crippen LogP contribution in [0.3, 0.4) is 0 Å². The molecule has 2 aromatic rings. The summed E-state index contributed by atoms with van der Waals surface area (Å²) < 4.78 is 11.2. The van der Waals surface area contributed by atoms with Crippen molar-refractivity contribution < 1.29 is 29.0 Å². The molecule has 2 unspecified atom stereocenters. The molecule has 186 valence electrons. The van der Waals surface area contributed by atoms with Crippen molar-refractivity contribution in [3.63, 3.8) is 0 Å². The zero-order valence-electron chi connectivity index (χ0n) is 19.9. The third-order valence-corrected chi connectivity index (χ3v) is 6.85. The van der Waals surface area contributed by atoms with Crippen LogP contribution in [-0.2, 0) is 19.1 Å². The van der Waals surface area contributed by atoms with Crippen molar-refractivity contribution in [1.82, 2.24) is 10.6 Å². The fraction of sp³-hybridized carbons (Fsp3) is 0.444. The number of aliphatic carboxylic acids is 1. The first-order chi connectivity index (χ1) is 17.0. The molecule has 1 heterocycles. The normalized spacial score (nSPS) is 19.8. The summed E-state index contributed by atoms with van der Waals surface area (Å²) in [6.45, 7) is 2.89. The summed E-state index contributed by atoms with van der Waals surface area (Å²) in [6, 6.07) is 15.7. The van der Waals surface area contributed by atoms with Gasteiger partial charge in [0.25, 0.3) is 0 Å². The Morgan fingerprint density at radius 2 is 1.74 bits per heavy atom. The highest BCUT2D eigenvalue weighted by Crippen LogP contribution is 2.44. The molecule has 0 aromatic heterocycles. The quantitative estimate of drug-likeness (QED) is 0.504. The van der Waals surface area contributed by atoms with Crippen LogP contribution in [0, 0.1) is 5.92 Å². The van der Waals surface area contributed by atoms with Gasteiger partial charge in [0, 0.05) is 36.9 Å². The third kappa shape index (κ3) is 6.00. The lowest BCUT2D eigenvalue weighted by atomic mass is 9.92. The fourth-order valence-electron chi connectivity index (χ4n) is 5.01.